The first-order chi connectivity index (χ1) is 14.7. The van der Waals surface area contributed by atoms with Crippen LogP contribution < -0.4 is 14.9 Å². The predicted molar refractivity (Wildman–Crippen MR) is 117 cm³/mol. The Kier molecular flexibility index (Phi) is 5.70. The van der Waals surface area contributed by atoms with Crippen molar-refractivity contribution in [1.82, 2.24) is 10.4 Å². The lowest BCUT2D eigenvalue weighted by Crippen LogP contribution is -2.34. The van der Waals surface area contributed by atoms with E-state index in [4.69, 9.17) is 9.47 Å². The second kappa shape index (κ2) is 8.74. The summed E-state index contributed by atoms with van der Waals surface area (Å²) in [5.41, 5.74) is 8.14. The van der Waals surface area contributed by atoms with Gasteiger partial charge in [0, 0.05) is 17.3 Å². The summed E-state index contributed by atoms with van der Waals surface area (Å²) in [4.78, 5) is 0. The van der Waals surface area contributed by atoms with E-state index in [2.05, 4.69) is 17.6 Å². The molecule has 0 aromatic heterocycles. The topological polar surface area (TPSA) is 33.7 Å². The van der Waals surface area contributed by atoms with Crippen molar-refractivity contribution in [3.05, 3.63) is 108 Å². The van der Waals surface area contributed by atoms with Gasteiger partial charge in [-0.05, 0) is 47.5 Å². The molecule has 1 heterocycles. The molecule has 152 valence electrons. The molecule has 1 aliphatic heterocycles. The molecule has 1 aliphatic rings. The molecule has 30 heavy (non-hydrogen) atoms. The minimum atomic E-state index is -0.400. The number of methoxy groups -OCH3 is 2. The Labute approximate surface area is 175 Å². The van der Waals surface area contributed by atoms with Gasteiger partial charge in [-0.25, -0.2) is 4.39 Å². The number of hydrogen-bond donors (Lipinski definition) is 1. The van der Waals surface area contributed by atoms with E-state index < -0.39 is 5.82 Å². The highest BCUT2D eigenvalue weighted by Gasteiger charge is 2.18. The lowest BCUT2D eigenvalue weighted by atomic mass is 9.98. The number of halogens is 1. The molecule has 3 aromatic carbocycles. The van der Waals surface area contributed by atoms with Crippen molar-refractivity contribution in [3.8, 4) is 11.5 Å². The number of nitrogens with one attached hydrogen (secondary N) is 1. The molecule has 0 atom stereocenters. The maximum atomic E-state index is 14.5. The van der Waals surface area contributed by atoms with E-state index in [-0.39, 0.29) is 5.75 Å². The molecule has 0 radical (unpaired) electrons. The highest BCUT2D eigenvalue weighted by molar-refractivity contribution is 5.95. The molecule has 4 nitrogen and oxygen atoms in total. The van der Waals surface area contributed by atoms with E-state index >= 15 is 0 Å². The second-order valence-electron chi connectivity index (χ2n) is 6.91. The molecular weight excluding hydrogens is 379 g/mol. The van der Waals surface area contributed by atoms with Crippen LogP contribution in [0.5, 0.6) is 11.5 Å². The van der Waals surface area contributed by atoms with Gasteiger partial charge in [0.25, 0.3) is 0 Å². The Bertz CT molecular complexity index is 1080. The van der Waals surface area contributed by atoms with Gasteiger partial charge in [0.2, 0.25) is 0 Å². The molecule has 0 amide bonds. The van der Waals surface area contributed by atoms with Gasteiger partial charge in [-0.1, -0.05) is 42.5 Å². The van der Waals surface area contributed by atoms with E-state index in [1.54, 1.807) is 13.2 Å². The summed E-state index contributed by atoms with van der Waals surface area (Å²) in [6.07, 6.45) is 4.04. The fourth-order valence-corrected chi connectivity index (χ4v) is 3.41. The van der Waals surface area contributed by atoms with Crippen molar-refractivity contribution < 1.29 is 13.9 Å². The van der Waals surface area contributed by atoms with Crippen molar-refractivity contribution in [2.75, 3.05) is 14.2 Å². The Morgan fingerprint density at radius 2 is 1.60 bits per heavy atom. The molecule has 0 fully saturated rings. The first kappa shape index (κ1) is 19.6. The summed E-state index contributed by atoms with van der Waals surface area (Å²) < 4.78 is 24.8. The van der Waals surface area contributed by atoms with Crippen LogP contribution in [0.4, 0.5) is 4.39 Å². The molecule has 0 unspecified atom stereocenters. The molecule has 0 saturated heterocycles. The summed E-state index contributed by atoms with van der Waals surface area (Å²) in [7, 11) is 3.10. The first-order valence-corrected chi connectivity index (χ1v) is 9.66. The van der Waals surface area contributed by atoms with Gasteiger partial charge in [0.1, 0.15) is 5.75 Å². The molecular formula is C25H23FN2O2. The smallest absolute Gasteiger partial charge is 0.165 e. The van der Waals surface area contributed by atoms with E-state index in [0.717, 1.165) is 28.1 Å². The molecule has 5 heteroatoms. The zero-order valence-electron chi connectivity index (χ0n) is 16.9. The van der Waals surface area contributed by atoms with Gasteiger partial charge >= 0.3 is 0 Å². The van der Waals surface area contributed by atoms with Crippen molar-refractivity contribution in [2.24, 2.45) is 0 Å². The average Bonchev–Trinajstić information content (AvgIpc) is 2.80. The average molecular weight is 402 g/mol. The van der Waals surface area contributed by atoms with Crippen LogP contribution in [0.15, 0.2) is 85.1 Å². The third kappa shape index (κ3) is 4.15. The quantitative estimate of drug-likeness (QED) is 0.611. The van der Waals surface area contributed by atoms with E-state index in [1.165, 1.54) is 18.7 Å². The van der Waals surface area contributed by atoms with Crippen LogP contribution in [-0.4, -0.2) is 19.2 Å². The van der Waals surface area contributed by atoms with Crippen molar-refractivity contribution in [1.29, 1.82) is 0 Å². The number of rotatable bonds is 6. The monoisotopic (exact) mass is 402 g/mol. The Balaban J connectivity index is 1.72. The number of allylic oxidation sites excluding steroid dienone is 2. The lowest BCUT2D eigenvalue weighted by Gasteiger charge is -2.30. The molecule has 4 rings (SSSR count). The minimum absolute atomic E-state index is 0.220. The van der Waals surface area contributed by atoms with E-state index in [0.29, 0.717) is 6.54 Å². The standard InChI is InChI=1S/C25H23FN2O2/c1-29-21-11-8-19(9-12-21)22-14-15-28(17-18-6-4-3-5-7-18)27-25(22)20-10-13-24(30-2)23(26)16-20/h3-16,27H,17H2,1-2H3. The van der Waals surface area contributed by atoms with Crippen molar-refractivity contribution >= 4 is 11.3 Å². The summed E-state index contributed by atoms with van der Waals surface area (Å²) in [6.45, 7) is 0.676. The predicted octanol–water partition coefficient (Wildman–Crippen LogP) is 5.25. The molecule has 0 spiro atoms. The van der Waals surface area contributed by atoms with Gasteiger partial charge in [-0.2, -0.15) is 0 Å². The largest absolute Gasteiger partial charge is 0.497 e. The summed E-state index contributed by atoms with van der Waals surface area (Å²) in [5.74, 6) is 0.607. The number of benzene rings is 3. The lowest BCUT2D eigenvalue weighted by molar-refractivity contribution is 0.314. The fourth-order valence-electron chi connectivity index (χ4n) is 3.41. The van der Waals surface area contributed by atoms with Gasteiger partial charge in [-0.15, -0.1) is 0 Å². The van der Waals surface area contributed by atoms with Crippen molar-refractivity contribution in [3.63, 3.8) is 0 Å². The van der Waals surface area contributed by atoms with Crippen LogP contribution in [0, 0.1) is 5.82 Å². The van der Waals surface area contributed by atoms with Crippen LogP contribution >= 0.6 is 0 Å². The van der Waals surface area contributed by atoms with Crippen LogP contribution in [0.1, 0.15) is 16.7 Å². The van der Waals surface area contributed by atoms with E-state index in [9.17, 15) is 4.39 Å². The maximum Gasteiger partial charge on any atom is 0.165 e. The van der Waals surface area contributed by atoms with Gasteiger partial charge < -0.3 is 9.47 Å². The first-order valence-electron chi connectivity index (χ1n) is 9.66. The van der Waals surface area contributed by atoms with Crippen LogP contribution in [-0.2, 0) is 6.54 Å². The van der Waals surface area contributed by atoms with Crippen LogP contribution in [0.25, 0.3) is 11.3 Å². The summed E-state index contributed by atoms with van der Waals surface area (Å²) in [5, 5.41) is 1.99. The Hall–Kier alpha value is -3.73. The normalized spacial score (nSPS) is 13.2. The molecule has 1 N–H and O–H groups in total. The fraction of sp³-hybridized carbons (Fsp3) is 0.120. The zero-order valence-corrected chi connectivity index (χ0v) is 16.9. The summed E-state index contributed by atoms with van der Waals surface area (Å²) in [6, 6.07) is 23.0. The van der Waals surface area contributed by atoms with Crippen LogP contribution in [0.2, 0.25) is 0 Å². The zero-order chi connectivity index (χ0) is 20.9. The SMILES string of the molecule is COc1ccc(C2=C(c3ccc(OC)c(F)c3)NN(Cc3ccccc3)C=C2)cc1. The third-order valence-electron chi connectivity index (χ3n) is 4.98. The maximum absolute atomic E-state index is 14.5. The number of hydrogen-bond acceptors (Lipinski definition) is 4. The highest BCUT2D eigenvalue weighted by atomic mass is 19.1. The Morgan fingerprint density at radius 1 is 0.867 bits per heavy atom. The Morgan fingerprint density at radius 3 is 2.27 bits per heavy atom. The molecule has 3 aromatic rings. The van der Waals surface area contributed by atoms with Gasteiger partial charge in [0.05, 0.1) is 26.5 Å². The molecule has 0 aliphatic carbocycles. The second-order valence-corrected chi connectivity index (χ2v) is 6.91. The number of nitrogens with zero attached hydrogens (tertiary/aromatic N) is 1. The summed E-state index contributed by atoms with van der Waals surface area (Å²) >= 11 is 0. The third-order valence-corrected chi connectivity index (χ3v) is 4.98. The number of hydrazine groups is 1. The van der Waals surface area contributed by atoms with Crippen LogP contribution in [0.3, 0.4) is 0 Å². The number of ether oxygens (including phenoxy) is 2. The molecule has 0 saturated carbocycles. The van der Waals surface area contributed by atoms with E-state index in [1.807, 2.05) is 65.8 Å². The highest BCUT2D eigenvalue weighted by Crippen LogP contribution is 2.32. The van der Waals surface area contributed by atoms with Crippen molar-refractivity contribution in [2.45, 2.75) is 6.54 Å². The minimum Gasteiger partial charge on any atom is -0.497 e. The van der Waals surface area contributed by atoms with Gasteiger partial charge in [-0.3, -0.25) is 10.4 Å². The van der Waals surface area contributed by atoms with Gasteiger partial charge in [0.15, 0.2) is 11.6 Å². The molecule has 0 bridgehead atoms.